The van der Waals surface area contributed by atoms with Crippen LogP contribution in [0.15, 0.2) is 72.4 Å². The average molecular weight is 513 g/mol. The van der Waals surface area contributed by atoms with Crippen molar-refractivity contribution in [1.82, 2.24) is 4.90 Å². The van der Waals surface area contributed by atoms with E-state index in [2.05, 4.69) is 0 Å². The number of anilines is 1. The Labute approximate surface area is 214 Å². The van der Waals surface area contributed by atoms with Crippen molar-refractivity contribution in [2.24, 2.45) is 0 Å². The number of hydrogen-bond donors (Lipinski definition) is 0. The van der Waals surface area contributed by atoms with E-state index < -0.39 is 0 Å². The number of para-hydroxylation sites is 1. The number of likely N-dealkylation sites (N-methyl/N-ethyl adjacent to an activating group) is 1. The van der Waals surface area contributed by atoms with E-state index in [1.54, 1.807) is 30.2 Å². The van der Waals surface area contributed by atoms with E-state index in [-0.39, 0.29) is 5.91 Å². The summed E-state index contributed by atoms with van der Waals surface area (Å²) in [6.45, 7) is 2.67. The molecule has 1 aliphatic heterocycles. The van der Waals surface area contributed by atoms with Gasteiger partial charge in [0, 0.05) is 7.05 Å². The first-order valence-electron chi connectivity index (χ1n) is 10.6. The highest BCUT2D eigenvalue weighted by atomic mass is 35.5. The quantitative estimate of drug-likeness (QED) is 0.264. The molecule has 0 aromatic heterocycles. The molecule has 8 heteroatoms. The topological polar surface area (TPSA) is 42.0 Å². The molecule has 1 aliphatic rings. The van der Waals surface area contributed by atoms with E-state index in [0.29, 0.717) is 45.6 Å². The maximum Gasteiger partial charge on any atom is 0.281 e. The molecule has 0 unspecified atom stereocenters. The van der Waals surface area contributed by atoms with Gasteiger partial charge in [-0.05, 0) is 72.7 Å². The average Bonchev–Trinajstić information content (AvgIpc) is 3.04. The zero-order valence-electron chi connectivity index (χ0n) is 18.6. The smallest absolute Gasteiger partial charge is 0.281 e. The predicted molar refractivity (Wildman–Crippen MR) is 141 cm³/mol. The molecule has 3 aromatic rings. The Balaban J connectivity index is 1.58. The Morgan fingerprint density at radius 1 is 0.941 bits per heavy atom. The van der Waals surface area contributed by atoms with Crippen molar-refractivity contribution in [1.29, 1.82) is 0 Å². The van der Waals surface area contributed by atoms with E-state index in [1.807, 2.05) is 61.5 Å². The molecule has 1 saturated heterocycles. The summed E-state index contributed by atoms with van der Waals surface area (Å²) in [5, 5.41) is 1.39. The van der Waals surface area contributed by atoms with E-state index >= 15 is 0 Å². The van der Waals surface area contributed by atoms with Crippen molar-refractivity contribution in [2.45, 2.75) is 13.5 Å². The first-order valence-corrected chi connectivity index (χ1v) is 11.8. The van der Waals surface area contributed by atoms with E-state index in [0.717, 1.165) is 16.8 Å². The highest BCUT2D eigenvalue weighted by molar-refractivity contribution is 7.80. The fourth-order valence-corrected chi connectivity index (χ4v) is 4.12. The van der Waals surface area contributed by atoms with Crippen molar-refractivity contribution < 1.29 is 14.3 Å². The lowest BCUT2D eigenvalue weighted by Gasteiger charge is -2.16. The largest absolute Gasteiger partial charge is 0.490 e. The van der Waals surface area contributed by atoms with Crippen LogP contribution in [0.3, 0.4) is 0 Å². The predicted octanol–water partition coefficient (Wildman–Crippen LogP) is 6.58. The third kappa shape index (κ3) is 5.04. The number of benzene rings is 3. The van der Waals surface area contributed by atoms with Gasteiger partial charge in [-0.1, -0.05) is 53.5 Å². The second kappa shape index (κ2) is 10.5. The summed E-state index contributed by atoms with van der Waals surface area (Å²) in [7, 11) is 1.78. The zero-order chi connectivity index (χ0) is 24.2. The summed E-state index contributed by atoms with van der Waals surface area (Å²) in [4.78, 5) is 16.4. The van der Waals surface area contributed by atoms with Crippen LogP contribution < -0.4 is 14.4 Å². The SMILES string of the molecule is CCOc1cc(/C=C2/C(=O)N(c3ccccc3)C(=S)N2C)ccc1OCc1ccc(Cl)c(Cl)c1. The molecule has 0 radical (unpaired) electrons. The molecule has 5 nitrogen and oxygen atoms in total. The summed E-state index contributed by atoms with van der Waals surface area (Å²) in [6, 6.07) is 20.3. The minimum absolute atomic E-state index is 0.184. The lowest BCUT2D eigenvalue weighted by atomic mass is 10.1. The first kappa shape index (κ1) is 24.1. The zero-order valence-corrected chi connectivity index (χ0v) is 21.0. The molecule has 0 bridgehead atoms. The highest BCUT2D eigenvalue weighted by Crippen LogP contribution is 2.33. The molecule has 0 saturated carbocycles. The number of hydrogen-bond acceptors (Lipinski definition) is 4. The number of carbonyl (C=O) groups is 1. The Morgan fingerprint density at radius 2 is 1.71 bits per heavy atom. The minimum Gasteiger partial charge on any atom is -0.490 e. The normalized spacial score (nSPS) is 14.8. The second-order valence-corrected chi connectivity index (χ2v) is 8.70. The summed E-state index contributed by atoms with van der Waals surface area (Å²) in [5.74, 6) is 0.978. The molecular formula is C26H22Cl2N2O3S. The number of thiocarbonyl (C=S) groups is 1. The molecule has 34 heavy (non-hydrogen) atoms. The number of ether oxygens (including phenoxy) is 2. The number of halogens is 2. The molecule has 0 spiro atoms. The molecule has 0 N–H and O–H groups in total. The number of amides is 1. The van der Waals surface area contributed by atoms with Crippen LogP contribution in [0.4, 0.5) is 5.69 Å². The molecular weight excluding hydrogens is 491 g/mol. The lowest BCUT2D eigenvalue weighted by Crippen LogP contribution is -2.30. The van der Waals surface area contributed by atoms with Gasteiger partial charge in [0.2, 0.25) is 0 Å². The minimum atomic E-state index is -0.184. The summed E-state index contributed by atoms with van der Waals surface area (Å²) in [5.41, 5.74) is 2.88. The monoisotopic (exact) mass is 512 g/mol. The van der Waals surface area contributed by atoms with Gasteiger partial charge in [-0.3, -0.25) is 9.69 Å². The van der Waals surface area contributed by atoms with Crippen LogP contribution in [0.5, 0.6) is 11.5 Å². The van der Waals surface area contributed by atoms with Gasteiger partial charge in [-0.15, -0.1) is 0 Å². The summed E-state index contributed by atoms with van der Waals surface area (Å²) < 4.78 is 11.8. The van der Waals surface area contributed by atoms with E-state index in [9.17, 15) is 4.79 Å². The van der Waals surface area contributed by atoms with Gasteiger partial charge in [-0.2, -0.15) is 0 Å². The van der Waals surface area contributed by atoms with Crippen LogP contribution >= 0.6 is 35.4 Å². The fourth-order valence-electron chi connectivity index (χ4n) is 3.51. The van der Waals surface area contributed by atoms with Gasteiger partial charge >= 0.3 is 0 Å². The van der Waals surface area contributed by atoms with Gasteiger partial charge in [0.05, 0.1) is 22.3 Å². The second-order valence-electron chi connectivity index (χ2n) is 7.52. The lowest BCUT2D eigenvalue weighted by molar-refractivity contribution is -0.114. The van der Waals surface area contributed by atoms with Crippen LogP contribution in [-0.4, -0.2) is 29.6 Å². The standard InChI is InChI=1S/C26H22Cl2N2O3S/c1-3-32-24-15-17(10-12-23(24)33-16-18-9-11-20(27)21(28)13-18)14-22-25(31)30(26(34)29(22)2)19-7-5-4-6-8-19/h4-15H,3,16H2,1-2H3/b22-14-. The molecule has 4 rings (SSSR count). The molecule has 1 fully saturated rings. The Bertz CT molecular complexity index is 1260. The molecule has 1 heterocycles. The number of carbonyl (C=O) groups excluding carboxylic acids is 1. The van der Waals surface area contributed by atoms with Gasteiger partial charge in [-0.25, -0.2) is 0 Å². The third-order valence-electron chi connectivity index (χ3n) is 5.23. The van der Waals surface area contributed by atoms with Crippen molar-refractivity contribution in [2.75, 3.05) is 18.6 Å². The van der Waals surface area contributed by atoms with Crippen molar-refractivity contribution in [3.8, 4) is 11.5 Å². The molecule has 0 aliphatic carbocycles. The van der Waals surface area contributed by atoms with Crippen LogP contribution in [0.1, 0.15) is 18.1 Å². The van der Waals surface area contributed by atoms with Gasteiger partial charge < -0.3 is 14.4 Å². The van der Waals surface area contributed by atoms with Crippen LogP contribution in [0.25, 0.3) is 6.08 Å². The molecule has 0 atom stereocenters. The Hall–Kier alpha value is -3.06. The Kier molecular flexibility index (Phi) is 7.41. The maximum absolute atomic E-state index is 13.2. The first-order chi connectivity index (χ1) is 16.4. The highest BCUT2D eigenvalue weighted by Gasteiger charge is 2.36. The molecule has 174 valence electrons. The number of nitrogens with zero attached hydrogens (tertiary/aromatic N) is 2. The third-order valence-corrected chi connectivity index (χ3v) is 6.42. The summed E-state index contributed by atoms with van der Waals surface area (Å²) >= 11 is 17.6. The van der Waals surface area contributed by atoms with Crippen LogP contribution in [-0.2, 0) is 11.4 Å². The molecule has 1 amide bonds. The van der Waals surface area contributed by atoms with Crippen molar-refractivity contribution in [3.63, 3.8) is 0 Å². The van der Waals surface area contributed by atoms with Crippen molar-refractivity contribution in [3.05, 3.63) is 93.6 Å². The van der Waals surface area contributed by atoms with Crippen molar-refractivity contribution >= 4 is 58.2 Å². The molecule has 3 aromatic carbocycles. The van der Waals surface area contributed by atoms with Crippen LogP contribution in [0, 0.1) is 0 Å². The van der Waals surface area contributed by atoms with Gasteiger partial charge in [0.25, 0.3) is 5.91 Å². The van der Waals surface area contributed by atoms with E-state index in [1.165, 1.54) is 4.90 Å². The number of rotatable bonds is 7. The fraction of sp³-hybridized carbons (Fsp3) is 0.154. The maximum atomic E-state index is 13.2. The summed E-state index contributed by atoms with van der Waals surface area (Å²) in [6.07, 6.45) is 1.79. The Morgan fingerprint density at radius 3 is 2.41 bits per heavy atom. The van der Waals surface area contributed by atoms with Gasteiger partial charge in [0.1, 0.15) is 12.3 Å². The van der Waals surface area contributed by atoms with E-state index in [4.69, 9.17) is 44.9 Å². The van der Waals surface area contributed by atoms with Gasteiger partial charge in [0.15, 0.2) is 16.6 Å². The van der Waals surface area contributed by atoms with Crippen LogP contribution in [0.2, 0.25) is 10.0 Å².